The Labute approximate surface area is 161 Å². The SMILES string of the molecule is CC(C)(C)[C@@H]1CCC2=NN(C(=O)c3ccccc3Cl)[C@@](O)(C(F)(F)F)[C@H]2C1. The number of aliphatic hydroxyl groups is 1. The van der Waals surface area contributed by atoms with Crippen LogP contribution in [0, 0.1) is 17.3 Å². The molecule has 1 aliphatic carbocycles. The van der Waals surface area contributed by atoms with Gasteiger partial charge in [0.05, 0.1) is 16.5 Å². The quantitative estimate of drug-likeness (QED) is 0.729. The molecule has 1 amide bonds. The van der Waals surface area contributed by atoms with E-state index in [4.69, 9.17) is 11.6 Å². The van der Waals surface area contributed by atoms with Crippen molar-refractivity contribution in [3.05, 3.63) is 34.9 Å². The van der Waals surface area contributed by atoms with E-state index >= 15 is 0 Å². The van der Waals surface area contributed by atoms with Gasteiger partial charge in [-0.1, -0.05) is 44.5 Å². The molecule has 8 heteroatoms. The molecule has 1 aromatic rings. The molecule has 0 radical (unpaired) electrons. The molecule has 4 nitrogen and oxygen atoms in total. The Kier molecular flexibility index (Phi) is 4.84. The average molecular weight is 403 g/mol. The lowest BCUT2D eigenvalue weighted by Crippen LogP contribution is -2.62. The first kappa shape index (κ1) is 20.1. The summed E-state index contributed by atoms with van der Waals surface area (Å²) in [5, 5.41) is 14.9. The number of rotatable bonds is 1. The third-order valence-electron chi connectivity index (χ3n) is 5.65. The number of hydrazone groups is 1. The Balaban J connectivity index is 2.04. The first-order chi connectivity index (χ1) is 12.4. The van der Waals surface area contributed by atoms with Gasteiger partial charge >= 0.3 is 6.18 Å². The van der Waals surface area contributed by atoms with Gasteiger partial charge in [0.25, 0.3) is 11.6 Å². The van der Waals surface area contributed by atoms with E-state index in [0.29, 0.717) is 12.8 Å². The van der Waals surface area contributed by atoms with Crippen LogP contribution in [0.15, 0.2) is 29.4 Å². The number of hydrogen-bond acceptors (Lipinski definition) is 3. The van der Waals surface area contributed by atoms with Gasteiger partial charge in [-0.3, -0.25) is 4.79 Å². The summed E-state index contributed by atoms with van der Waals surface area (Å²) < 4.78 is 42.0. The number of hydrogen-bond donors (Lipinski definition) is 1. The molecule has 0 spiro atoms. The first-order valence-electron chi connectivity index (χ1n) is 8.83. The van der Waals surface area contributed by atoms with Crippen molar-refractivity contribution in [2.45, 2.75) is 51.9 Å². The van der Waals surface area contributed by atoms with Crippen molar-refractivity contribution < 1.29 is 23.1 Å². The molecule has 1 fully saturated rings. The molecule has 1 saturated carbocycles. The second kappa shape index (κ2) is 6.48. The summed E-state index contributed by atoms with van der Waals surface area (Å²) >= 11 is 5.98. The van der Waals surface area contributed by atoms with Gasteiger partial charge in [-0.2, -0.15) is 23.3 Å². The molecule has 1 aliphatic heterocycles. The van der Waals surface area contributed by atoms with Crippen molar-refractivity contribution in [3.63, 3.8) is 0 Å². The summed E-state index contributed by atoms with van der Waals surface area (Å²) in [6, 6.07) is 5.80. The van der Waals surface area contributed by atoms with Gasteiger partial charge in [-0.15, -0.1) is 0 Å². The Bertz CT molecular complexity index is 788. The minimum atomic E-state index is -5.06. The third kappa shape index (κ3) is 3.25. The van der Waals surface area contributed by atoms with Crippen LogP contribution in [0.2, 0.25) is 5.02 Å². The largest absolute Gasteiger partial charge is 0.439 e. The maximum Gasteiger partial charge on any atom is 0.439 e. The van der Waals surface area contributed by atoms with Gasteiger partial charge in [-0.05, 0) is 42.7 Å². The lowest BCUT2D eigenvalue weighted by Gasteiger charge is -2.42. The zero-order valence-corrected chi connectivity index (χ0v) is 16.1. The first-order valence-corrected chi connectivity index (χ1v) is 9.20. The van der Waals surface area contributed by atoms with Gasteiger partial charge in [0.1, 0.15) is 0 Å². The number of halogens is 4. The summed E-state index contributed by atoms with van der Waals surface area (Å²) in [7, 11) is 0. The van der Waals surface area contributed by atoms with Crippen LogP contribution in [0.25, 0.3) is 0 Å². The van der Waals surface area contributed by atoms with E-state index in [2.05, 4.69) is 5.10 Å². The van der Waals surface area contributed by atoms with E-state index in [1.54, 1.807) is 6.07 Å². The minimum Gasteiger partial charge on any atom is -0.362 e. The fourth-order valence-corrected chi connectivity index (χ4v) is 4.17. The van der Waals surface area contributed by atoms with Crippen LogP contribution in [0.3, 0.4) is 0 Å². The highest BCUT2D eigenvalue weighted by Crippen LogP contribution is 2.52. The van der Waals surface area contributed by atoms with Crippen molar-refractivity contribution in [1.29, 1.82) is 0 Å². The lowest BCUT2D eigenvalue weighted by atomic mass is 9.66. The number of nitrogens with zero attached hydrogens (tertiary/aromatic N) is 2. The summed E-state index contributed by atoms with van der Waals surface area (Å²) in [6.07, 6.45) is -3.96. The highest BCUT2D eigenvalue weighted by atomic mass is 35.5. The van der Waals surface area contributed by atoms with Crippen LogP contribution in [-0.2, 0) is 0 Å². The van der Waals surface area contributed by atoms with E-state index in [1.165, 1.54) is 18.2 Å². The van der Waals surface area contributed by atoms with Crippen LogP contribution in [0.4, 0.5) is 13.2 Å². The highest BCUT2D eigenvalue weighted by Gasteiger charge is 2.69. The van der Waals surface area contributed by atoms with E-state index < -0.39 is 23.7 Å². The smallest absolute Gasteiger partial charge is 0.362 e. The van der Waals surface area contributed by atoms with E-state index in [9.17, 15) is 23.1 Å². The summed E-state index contributed by atoms with van der Waals surface area (Å²) in [5.74, 6) is -2.36. The molecule has 1 aromatic carbocycles. The number of amides is 1. The van der Waals surface area contributed by atoms with Gasteiger partial charge in [0.15, 0.2) is 0 Å². The predicted octanol–water partition coefficient (Wildman–Crippen LogP) is 4.87. The normalized spacial score (nSPS) is 28.7. The standard InChI is InChI=1S/C19H22ClF3N2O2/c1-17(2,3)11-8-9-15-13(10-11)18(27,19(21,22)23)25(24-15)16(26)12-6-4-5-7-14(12)20/h4-7,11,13,27H,8-10H2,1-3H3/t11-,13+,18+/m1/s1. The van der Waals surface area contributed by atoms with Crippen molar-refractivity contribution in [2.24, 2.45) is 22.4 Å². The topological polar surface area (TPSA) is 52.9 Å². The number of carbonyl (C=O) groups is 1. The van der Waals surface area contributed by atoms with Crippen LogP contribution >= 0.6 is 11.6 Å². The predicted molar refractivity (Wildman–Crippen MR) is 96.3 cm³/mol. The average Bonchev–Trinajstić information content (AvgIpc) is 2.87. The summed E-state index contributed by atoms with van der Waals surface area (Å²) in [5.41, 5.74) is -3.49. The maximum absolute atomic E-state index is 14.0. The molecule has 0 unspecified atom stereocenters. The molecule has 27 heavy (non-hydrogen) atoms. The van der Waals surface area contributed by atoms with Crippen molar-refractivity contribution >= 4 is 23.2 Å². The lowest BCUT2D eigenvalue weighted by molar-refractivity contribution is -0.314. The number of alkyl halides is 3. The maximum atomic E-state index is 14.0. The Hall–Kier alpha value is -1.60. The zero-order valence-electron chi connectivity index (χ0n) is 15.3. The Morgan fingerprint density at radius 2 is 1.93 bits per heavy atom. The van der Waals surface area contributed by atoms with Gasteiger partial charge in [-0.25, -0.2) is 0 Å². The Morgan fingerprint density at radius 3 is 2.48 bits per heavy atom. The molecule has 0 bridgehead atoms. The molecule has 148 valence electrons. The van der Waals surface area contributed by atoms with Gasteiger partial charge in [0, 0.05) is 5.71 Å². The monoisotopic (exact) mass is 402 g/mol. The fraction of sp³-hybridized carbons (Fsp3) is 0.579. The minimum absolute atomic E-state index is 0.00895. The molecular weight excluding hydrogens is 381 g/mol. The number of benzene rings is 1. The third-order valence-corrected chi connectivity index (χ3v) is 5.98. The van der Waals surface area contributed by atoms with Crippen LogP contribution in [0.1, 0.15) is 50.4 Å². The van der Waals surface area contributed by atoms with Crippen LogP contribution in [-0.4, -0.2) is 33.6 Å². The molecule has 1 N–H and O–H groups in total. The number of carbonyl (C=O) groups excluding carboxylic acids is 1. The molecular formula is C19H22ClF3N2O2. The highest BCUT2D eigenvalue weighted by molar-refractivity contribution is 6.33. The van der Waals surface area contributed by atoms with Crippen LogP contribution < -0.4 is 0 Å². The van der Waals surface area contributed by atoms with Gasteiger partial charge < -0.3 is 5.11 Å². The summed E-state index contributed by atoms with van der Waals surface area (Å²) in [6.45, 7) is 5.90. The van der Waals surface area contributed by atoms with E-state index in [0.717, 1.165) is 0 Å². The molecule has 3 atom stereocenters. The summed E-state index contributed by atoms with van der Waals surface area (Å²) in [4.78, 5) is 12.8. The molecule has 0 saturated heterocycles. The van der Waals surface area contributed by atoms with E-state index in [-0.39, 0.29) is 39.1 Å². The van der Waals surface area contributed by atoms with Gasteiger partial charge in [0.2, 0.25) is 0 Å². The Morgan fingerprint density at radius 1 is 1.30 bits per heavy atom. The van der Waals surface area contributed by atoms with Crippen molar-refractivity contribution in [2.75, 3.05) is 0 Å². The zero-order chi connectivity index (χ0) is 20.2. The fourth-order valence-electron chi connectivity index (χ4n) is 3.96. The van der Waals surface area contributed by atoms with Crippen LogP contribution in [0.5, 0.6) is 0 Å². The molecule has 3 rings (SSSR count). The van der Waals surface area contributed by atoms with Crippen molar-refractivity contribution in [3.8, 4) is 0 Å². The van der Waals surface area contributed by atoms with E-state index in [1.807, 2.05) is 20.8 Å². The molecule has 2 aliphatic rings. The number of fused-ring (bicyclic) bond motifs is 1. The van der Waals surface area contributed by atoms with Crippen molar-refractivity contribution in [1.82, 2.24) is 5.01 Å². The second-order valence-electron chi connectivity index (χ2n) is 8.30. The second-order valence-corrected chi connectivity index (χ2v) is 8.71. The molecule has 1 heterocycles. The molecule has 0 aromatic heterocycles.